The predicted octanol–water partition coefficient (Wildman–Crippen LogP) is 15.5. The molecular weight excluding hydrogens is 685 g/mol. The van der Waals surface area contributed by atoms with E-state index in [9.17, 15) is 14.4 Å². The Kier molecular flexibility index (Phi) is 42.3. The van der Waals surface area contributed by atoms with E-state index in [4.69, 9.17) is 14.2 Å². The highest BCUT2D eigenvalue weighted by atomic mass is 16.6. The van der Waals surface area contributed by atoms with Crippen LogP contribution in [0, 0.1) is 5.92 Å². The van der Waals surface area contributed by atoms with Gasteiger partial charge in [0.2, 0.25) is 0 Å². The molecule has 0 rings (SSSR count). The van der Waals surface area contributed by atoms with Crippen molar-refractivity contribution < 1.29 is 28.6 Å². The topological polar surface area (TPSA) is 78.9 Å². The Morgan fingerprint density at radius 1 is 0.345 bits per heavy atom. The van der Waals surface area contributed by atoms with E-state index in [2.05, 4.69) is 27.7 Å². The Balaban J connectivity index is 4.23. The van der Waals surface area contributed by atoms with Gasteiger partial charge in [0.15, 0.2) is 6.10 Å². The zero-order valence-corrected chi connectivity index (χ0v) is 37.4. The molecule has 0 spiro atoms. The second kappa shape index (κ2) is 43.5. The van der Waals surface area contributed by atoms with Gasteiger partial charge in [-0.25, -0.2) is 0 Å². The molecule has 0 N–H and O–H groups in total. The molecule has 0 saturated heterocycles. The first kappa shape index (κ1) is 53.4. The minimum atomic E-state index is -0.758. The largest absolute Gasteiger partial charge is 0.462 e. The molecule has 0 radical (unpaired) electrons. The highest BCUT2D eigenvalue weighted by Crippen LogP contribution is 2.17. The number of ether oxygens (including phenoxy) is 3. The summed E-state index contributed by atoms with van der Waals surface area (Å²) >= 11 is 0. The van der Waals surface area contributed by atoms with Crippen molar-refractivity contribution in [3.05, 3.63) is 0 Å². The number of hydrogen-bond acceptors (Lipinski definition) is 6. The van der Waals surface area contributed by atoms with Gasteiger partial charge in [-0.05, 0) is 25.2 Å². The average molecular weight is 779 g/mol. The zero-order chi connectivity index (χ0) is 40.3. The lowest BCUT2D eigenvalue weighted by atomic mass is 10.0. The molecule has 0 aliphatic heterocycles. The Bertz CT molecular complexity index is 826. The molecular formula is C49H94O6. The van der Waals surface area contributed by atoms with Crippen LogP contribution in [0.3, 0.4) is 0 Å². The van der Waals surface area contributed by atoms with Crippen LogP contribution >= 0.6 is 0 Å². The van der Waals surface area contributed by atoms with Crippen LogP contribution in [0.15, 0.2) is 0 Å². The molecule has 0 fully saturated rings. The van der Waals surface area contributed by atoms with E-state index in [1.54, 1.807) is 0 Å². The number of esters is 3. The van der Waals surface area contributed by atoms with Gasteiger partial charge in [0.1, 0.15) is 13.2 Å². The summed E-state index contributed by atoms with van der Waals surface area (Å²) in [5, 5.41) is 0. The SMILES string of the molecule is CCCCCCCCCCCCCCCCCC(=O)O[C@H](COC(=O)CCCCCCCCC)COC(=O)CCCCCCCCCCCCCCC(C)C. The summed E-state index contributed by atoms with van der Waals surface area (Å²) in [6.07, 6.45) is 43.8. The van der Waals surface area contributed by atoms with Crippen molar-refractivity contribution in [2.75, 3.05) is 13.2 Å². The van der Waals surface area contributed by atoms with Crippen LogP contribution in [0.4, 0.5) is 0 Å². The van der Waals surface area contributed by atoms with E-state index in [1.807, 2.05) is 0 Å². The molecule has 0 amide bonds. The highest BCUT2D eigenvalue weighted by molar-refractivity contribution is 5.71. The Labute approximate surface area is 342 Å². The first-order valence-corrected chi connectivity index (χ1v) is 24.4. The summed E-state index contributed by atoms with van der Waals surface area (Å²) in [4.78, 5) is 37.7. The lowest BCUT2D eigenvalue weighted by Gasteiger charge is -2.18. The van der Waals surface area contributed by atoms with Gasteiger partial charge in [0.25, 0.3) is 0 Å². The minimum Gasteiger partial charge on any atom is -0.462 e. The molecule has 55 heavy (non-hydrogen) atoms. The van der Waals surface area contributed by atoms with Gasteiger partial charge < -0.3 is 14.2 Å². The van der Waals surface area contributed by atoms with Crippen LogP contribution < -0.4 is 0 Å². The molecule has 6 nitrogen and oxygen atoms in total. The molecule has 0 bridgehead atoms. The summed E-state index contributed by atoms with van der Waals surface area (Å²) < 4.78 is 16.7. The summed E-state index contributed by atoms with van der Waals surface area (Å²) in [5.74, 6) is -0.0211. The van der Waals surface area contributed by atoms with E-state index in [0.717, 1.165) is 63.7 Å². The minimum absolute atomic E-state index is 0.0636. The molecule has 0 saturated carbocycles. The Morgan fingerprint density at radius 2 is 0.600 bits per heavy atom. The van der Waals surface area contributed by atoms with Gasteiger partial charge in [0, 0.05) is 19.3 Å². The lowest BCUT2D eigenvalue weighted by molar-refractivity contribution is -0.167. The fourth-order valence-corrected chi connectivity index (χ4v) is 7.33. The summed E-state index contributed by atoms with van der Waals surface area (Å²) in [6.45, 7) is 8.98. The predicted molar refractivity (Wildman–Crippen MR) is 233 cm³/mol. The van der Waals surface area contributed by atoms with E-state index in [-0.39, 0.29) is 31.1 Å². The van der Waals surface area contributed by atoms with E-state index in [0.29, 0.717) is 19.3 Å². The molecule has 0 aromatic carbocycles. The molecule has 1 atom stereocenters. The van der Waals surface area contributed by atoms with Crippen molar-refractivity contribution in [2.24, 2.45) is 5.92 Å². The van der Waals surface area contributed by atoms with Crippen molar-refractivity contribution in [2.45, 2.75) is 278 Å². The maximum Gasteiger partial charge on any atom is 0.306 e. The van der Waals surface area contributed by atoms with Gasteiger partial charge in [-0.1, -0.05) is 233 Å². The van der Waals surface area contributed by atoms with E-state index >= 15 is 0 Å². The molecule has 326 valence electrons. The second-order valence-electron chi connectivity index (χ2n) is 17.2. The van der Waals surface area contributed by atoms with Crippen LogP contribution in [-0.2, 0) is 28.6 Å². The van der Waals surface area contributed by atoms with Crippen LogP contribution in [-0.4, -0.2) is 37.2 Å². The number of carbonyl (C=O) groups excluding carboxylic acids is 3. The fourth-order valence-electron chi connectivity index (χ4n) is 7.33. The summed E-state index contributed by atoms with van der Waals surface area (Å²) in [7, 11) is 0. The molecule has 0 aromatic heterocycles. The monoisotopic (exact) mass is 779 g/mol. The average Bonchev–Trinajstić information content (AvgIpc) is 3.17. The third-order valence-electron chi connectivity index (χ3n) is 11.0. The Hall–Kier alpha value is -1.59. The number of unbranched alkanes of at least 4 members (excludes halogenated alkanes) is 31. The summed E-state index contributed by atoms with van der Waals surface area (Å²) in [5.41, 5.74) is 0. The van der Waals surface area contributed by atoms with Crippen LogP contribution in [0.5, 0.6) is 0 Å². The van der Waals surface area contributed by atoms with Crippen molar-refractivity contribution in [3.8, 4) is 0 Å². The normalized spacial score (nSPS) is 11.9. The molecule has 0 aromatic rings. The number of rotatable bonds is 44. The van der Waals surface area contributed by atoms with Crippen molar-refractivity contribution in [1.29, 1.82) is 0 Å². The smallest absolute Gasteiger partial charge is 0.306 e. The van der Waals surface area contributed by atoms with Gasteiger partial charge in [-0.3, -0.25) is 14.4 Å². The molecule has 0 aliphatic carbocycles. The highest BCUT2D eigenvalue weighted by Gasteiger charge is 2.19. The number of carbonyl (C=O) groups is 3. The van der Waals surface area contributed by atoms with Crippen molar-refractivity contribution in [3.63, 3.8) is 0 Å². The molecule has 0 aliphatic rings. The second-order valence-corrected chi connectivity index (χ2v) is 17.2. The third kappa shape index (κ3) is 43.4. The standard InChI is InChI=1S/C49H94O6/c1-5-7-9-11-13-14-15-16-17-18-23-26-30-34-38-42-49(52)55-46(43-53-47(50)40-36-32-27-12-10-8-6-2)44-54-48(51)41-37-33-29-25-22-20-19-21-24-28-31-35-39-45(3)4/h45-46H,5-44H2,1-4H3/t46-/m1/s1. The first-order valence-electron chi connectivity index (χ1n) is 24.4. The molecule has 0 unspecified atom stereocenters. The Morgan fingerprint density at radius 3 is 0.891 bits per heavy atom. The van der Waals surface area contributed by atoms with Gasteiger partial charge >= 0.3 is 17.9 Å². The summed E-state index contributed by atoms with van der Waals surface area (Å²) in [6, 6.07) is 0. The molecule has 6 heteroatoms. The fraction of sp³-hybridized carbons (Fsp3) is 0.939. The quantitative estimate of drug-likeness (QED) is 0.0348. The first-order chi connectivity index (χ1) is 26.9. The van der Waals surface area contributed by atoms with Crippen molar-refractivity contribution in [1.82, 2.24) is 0 Å². The van der Waals surface area contributed by atoms with Crippen LogP contribution in [0.1, 0.15) is 272 Å². The van der Waals surface area contributed by atoms with Gasteiger partial charge in [-0.2, -0.15) is 0 Å². The zero-order valence-electron chi connectivity index (χ0n) is 37.4. The number of hydrogen-bond donors (Lipinski definition) is 0. The van der Waals surface area contributed by atoms with E-state index in [1.165, 1.54) is 167 Å². The lowest BCUT2D eigenvalue weighted by Crippen LogP contribution is -2.30. The van der Waals surface area contributed by atoms with Crippen LogP contribution in [0.25, 0.3) is 0 Å². The molecule has 0 heterocycles. The third-order valence-corrected chi connectivity index (χ3v) is 11.0. The van der Waals surface area contributed by atoms with Gasteiger partial charge in [-0.15, -0.1) is 0 Å². The maximum absolute atomic E-state index is 12.7. The maximum atomic E-state index is 12.7. The van der Waals surface area contributed by atoms with E-state index < -0.39 is 6.10 Å². The van der Waals surface area contributed by atoms with Crippen molar-refractivity contribution >= 4 is 17.9 Å². The van der Waals surface area contributed by atoms with Gasteiger partial charge in [0.05, 0.1) is 0 Å². The van der Waals surface area contributed by atoms with Crippen LogP contribution in [0.2, 0.25) is 0 Å².